The van der Waals surface area contributed by atoms with Crippen LogP contribution in [0.3, 0.4) is 0 Å². The SMILES string of the molecule is Cc1oc(C(=O)O)cc1COc1cc(F)ccc1Br. The van der Waals surface area contributed by atoms with Crippen LogP contribution in [0.25, 0.3) is 0 Å². The molecule has 2 aromatic rings. The monoisotopic (exact) mass is 328 g/mol. The number of rotatable bonds is 4. The van der Waals surface area contributed by atoms with E-state index in [0.29, 0.717) is 21.5 Å². The maximum Gasteiger partial charge on any atom is 0.371 e. The van der Waals surface area contributed by atoms with Crippen molar-refractivity contribution in [2.24, 2.45) is 0 Å². The van der Waals surface area contributed by atoms with Gasteiger partial charge in [-0.25, -0.2) is 9.18 Å². The van der Waals surface area contributed by atoms with Gasteiger partial charge in [0.15, 0.2) is 0 Å². The molecule has 0 radical (unpaired) electrons. The van der Waals surface area contributed by atoms with Crippen LogP contribution in [-0.2, 0) is 6.61 Å². The van der Waals surface area contributed by atoms with Crippen LogP contribution in [0, 0.1) is 12.7 Å². The minimum atomic E-state index is -1.14. The summed E-state index contributed by atoms with van der Waals surface area (Å²) >= 11 is 3.24. The molecule has 1 heterocycles. The molecule has 0 aliphatic heterocycles. The molecule has 4 nitrogen and oxygen atoms in total. The highest BCUT2D eigenvalue weighted by Crippen LogP contribution is 2.27. The average Bonchev–Trinajstić information content (AvgIpc) is 2.72. The summed E-state index contributed by atoms with van der Waals surface area (Å²) in [6, 6.07) is 5.49. The number of benzene rings is 1. The Morgan fingerprint density at radius 1 is 1.47 bits per heavy atom. The smallest absolute Gasteiger partial charge is 0.371 e. The summed E-state index contributed by atoms with van der Waals surface area (Å²) in [5.41, 5.74) is 0.605. The summed E-state index contributed by atoms with van der Waals surface area (Å²) in [6.07, 6.45) is 0. The number of halogens is 2. The Morgan fingerprint density at radius 3 is 2.84 bits per heavy atom. The highest BCUT2D eigenvalue weighted by molar-refractivity contribution is 9.10. The van der Waals surface area contributed by atoms with Crippen LogP contribution in [0.1, 0.15) is 21.9 Å². The van der Waals surface area contributed by atoms with Gasteiger partial charge in [0, 0.05) is 11.6 Å². The lowest BCUT2D eigenvalue weighted by molar-refractivity contribution is 0.0661. The fraction of sp³-hybridized carbons (Fsp3) is 0.154. The molecule has 1 aromatic carbocycles. The Bertz CT molecular complexity index is 621. The Balaban J connectivity index is 2.14. The summed E-state index contributed by atoms with van der Waals surface area (Å²) < 4.78 is 24.2. The van der Waals surface area contributed by atoms with Crippen LogP contribution in [-0.4, -0.2) is 11.1 Å². The van der Waals surface area contributed by atoms with E-state index >= 15 is 0 Å². The number of carboxylic acids is 1. The number of hydrogen-bond donors (Lipinski definition) is 1. The number of hydrogen-bond acceptors (Lipinski definition) is 3. The number of carbonyl (C=O) groups is 1. The van der Waals surface area contributed by atoms with E-state index in [1.54, 1.807) is 6.92 Å². The predicted molar refractivity (Wildman–Crippen MR) is 68.8 cm³/mol. The molecule has 0 bridgehead atoms. The van der Waals surface area contributed by atoms with Crippen molar-refractivity contribution in [2.75, 3.05) is 0 Å². The lowest BCUT2D eigenvalue weighted by atomic mass is 10.2. The maximum absolute atomic E-state index is 13.1. The van der Waals surface area contributed by atoms with Crippen LogP contribution in [0.5, 0.6) is 5.75 Å². The summed E-state index contributed by atoms with van der Waals surface area (Å²) in [4.78, 5) is 10.7. The Labute approximate surface area is 116 Å². The van der Waals surface area contributed by atoms with Crippen LogP contribution in [0.2, 0.25) is 0 Å². The molecule has 0 saturated heterocycles. The van der Waals surface area contributed by atoms with E-state index < -0.39 is 11.8 Å². The largest absolute Gasteiger partial charge is 0.487 e. The zero-order chi connectivity index (χ0) is 14.0. The van der Waals surface area contributed by atoms with Gasteiger partial charge in [0.1, 0.15) is 23.9 Å². The molecule has 0 fully saturated rings. The van der Waals surface area contributed by atoms with E-state index in [1.165, 1.54) is 24.3 Å². The fourth-order valence-electron chi connectivity index (χ4n) is 1.51. The van der Waals surface area contributed by atoms with E-state index in [1.807, 2.05) is 0 Å². The van der Waals surface area contributed by atoms with Crippen molar-refractivity contribution in [2.45, 2.75) is 13.5 Å². The maximum atomic E-state index is 13.1. The van der Waals surface area contributed by atoms with Crippen LogP contribution >= 0.6 is 15.9 Å². The zero-order valence-electron chi connectivity index (χ0n) is 9.94. The van der Waals surface area contributed by atoms with Crippen molar-refractivity contribution in [3.63, 3.8) is 0 Å². The third-order valence-corrected chi connectivity index (χ3v) is 3.16. The van der Waals surface area contributed by atoms with Gasteiger partial charge < -0.3 is 14.3 Å². The summed E-state index contributed by atoms with van der Waals surface area (Å²) in [5.74, 6) is -0.883. The van der Waals surface area contributed by atoms with Gasteiger partial charge in [-0.2, -0.15) is 0 Å². The van der Waals surface area contributed by atoms with Crippen LogP contribution < -0.4 is 4.74 Å². The molecule has 100 valence electrons. The van der Waals surface area contributed by atoms with E-state index in [0.717, 1.165) is 0 Å². The number of carboxylic acid groups (broad SMARTS) is 1. The first-order valence-electron chi connectivity index (χ1n) is 5.38. The Hall–Kier alpha value is -1.82. The normalized spacial score (nSPS) is 10.5. The molecule has 0 unspecified atom stereocenters. The third kappa shape index (κ3) is 3.14. The van der Waals surface area contributed by atoms with E-state index in [2.05, 4.69) is 15.9 Å². The van der Waals surface area contributed by atoms with Gasteiger partial charge in [0.05, 0.1) is 4.47 Å². The third-order valence-electron chi connectivity index (χ3n) is 2.51. The molecule has 1 aromatic heterocycles. The Morgan fingerprint density at radius 2 is 2.21 bits per heavy atom. The summed E-state index contributed by atoms with van der Waals surface area (Å²) in [5, 5.41) is 8.80. The minimum Gasteiger partial charge on any atom is -0.487 e. The second-order valence-electron chi connectivity index (χ2n) is 3.86. The second-order valence-corrected chi connectivity index (χ2v) is 4.71. The topological polar surface area (TPSA) is 59.7 Å². The lowest BCUT2D eigenvalue weighted by Crippen LogP contribution is -1.97. The average molecular weight is 329 g/mol. The molecule has 2 rings (SSSR count). The van der Waals surface area contributed by atoms with Gasteiger partial charge in [-0.05, 0) is 41.1 Å². The number of aryl methyl sites for hydroxylation is 1. The van der Waals surface area contributed by atoms with Crippen molar-refractivity contribution in [3.8, 4) is 5.75 Å². The first-order valence-corrected chi connectivity index (χ1v) is 6.17. The van der Waals surface area contributed by atoms with Crippen LogP contribution in [0.4, 0.5) is 4.39 Å². The van der Waals surface area contributed by atoms with E-state index in [4.69, 9.17) is 14.3 Å². The number of aromatic carboxylic acids is 1. The second kappa shape index (κ2) is 5.44. The summed E-state index contributed by atoms with van der Waals surface area (Å²) in [7, 11) is 0. The van der Waals surface area contributed by atoms with Crippen molar-refractivity contribution in [1.29, 1.82) is 0 Å². The standard InChI is InChI=1S/C13H10BrFO4/c1-7-8(4-12(19-7)13(16)17)6-18-11-5-9(15)2-3-10(11)14/h2-5H,6H2,1H3,(H,16,17). The van der Waals surface area contributed by atoms with Crippen LogP contribution in [0.15, 0.2) is 33.2 Å². The molecule has 0 atom stereocenters. The van der Waals surface area contributed by atoms with E-state index in [9.17, 15) is 9.18 Å². The van der Waals surface area contributed by atoms with E-state index in [-0.39, 0.29) is 12.4 Å². The first-order chi connectivity index (χ1) is 8.97. The van der Waals surface area contributed by atoms with Gasteiger partial charge in [-0.3, -0.25) is 0 Å². The lowest BCUT2D eigenvalue weighted by Gasteiger charge is -2.07. The number of ether oxygens (including phenoxy) is 1. The minimum absolute atomic E-state index is 0.102. The highest BCUT2D eigenvalue weighted by atomic mass is 79.9. The van der Waals surface area contributed by atoms with Crippen molar-refractivity contribution in [3.05, 3.63) is 51.6 Å². The molecule has 0 aliphatic carbocycles. The molecule has 19 heavy (non-hydrogen) atoms. The molecule has 6 heteroatoms. The van der Waals surface area contributed by atoms with Gasteiger partial charge in [0.2, 0.25) is 5.76 Å². The molecule has 0 spiro atoms. The predicted octanol–water partition coefficient (Wildman–Crippen LogP) is 3.77. The molecule has 0 amide bonds. The quantitative estimate of drug-likeness (QED) is 0.928. The zero-order valence-corrected chi connectivity index (χ0v) is 11.5. The fourth-order valence-corrected chi connectivity index (χ4v) is 1.87. The first kappa shape index (κ1) is 13.6. The van der Waals surface area contributed by atoms with Gasteiger partial charge in [-0.15, -0.1) is 0 Å². The van der Waals surface area contributed by atoms with Crippen molar-refractivity contribution < 1.29 is 23.4 Å². The molecule has 0 saturated carbocycles. The summed E-state index contributed by atoms with van der Waals surface area (Å²) in [6.45, 7) is 1.75. The molecular weight excluding hydrogens is 319 g/mol. The highest BCUT2D eigenvalue weighted by Gasteiger charge is 2.14. The van der Waals surface area contributed by atoms with Gasteiger partial charge >= 0.3 is 5.97 Å². The number of furan rings is 1. The molecule has 0 aliphatic rings. The van der Waals surface area contributed by atoms with Crippen molar-refractivity contribution in [1.82, 2.24) is 0 Å². The molecule has 1 N–H and O–H groups in total. The molecular formula is C13H10BrFO4. The Kier molecular flexibility index (Phi) is 3.90. The van der Waals surface area contributed by atoms with Gasteiger partial charge in [-0.1, -0.05) is 0 Å². The van der Waals surface area contributed by atoms with Crippen molar-refractivity contribution >= 4 is 21.9 Å². The van der Waals surface area contributed by atoms with Gasteiger partial charge in [0.25, 0.3) is 0 Å².